The summed E-state index contributed by atoms with van der Waals surface area (Å²) < 4.78 is 16.1. The van der Waals surface area contributed by atoms with Gasteiger partial charge in [0.25, 0.3) is 0 Å². The molecule has 0 N–H and O–H groups in total. The Morgan fingerprint density at radius 2 is 2.35 bits per heavy atom. The van der Waals surface area contributed by atoms with Gasteiger partial charge in [-0.2, -0.15) is 4.98 Å². The van der Waals surface area contributed by atoms with E-state index in [0.717, 1.165) is 0 Å². The second-order valence-corrected chi connectivity index (χ2v) is 7.08. The number of carbonyl (C=O) groups excluding carboxylic acids is 2. The van der Waals surface area contributed by atoms with Crippen LogP contribution in [0, 0.1) is 18.8 Å². The van der Waals surface area contributed by atoms with E-state index in [1.807, 2.05) is 12.2 Å². The summed E-state index contributed by atoms with van der Waals surface area (Å²) >= 11 is 0. The number of fused-ring (bicyclic) bond motifs is 1. The number of aryl methyl sites for hydroxylation is 1. The van der Waals surface area contributed by atoms with Crippen LogP contribution in [0.1, 0.15) is 11.7 Å². The van der Waals surface area contributed by atoms with Gasteiger partial charge in [0.1, 0.15) is 5.60 Å². The number of ether oxygens (including phenoxy) is 2. The van der Waals surface area contributed by atoms with Gasteiger partial charge in [-0.1, -0.05) is 17.3 Å². The molecule has 9 heteroatoms. The number of rotatable bonds is 6. The Morgan fingerprint density at radius 1 is 1.54 bits per heavy atom. The van der Waals surface area contributed by atoms with Crippen LogP contribution >= 0.6 is 0 Å². The third-order valence-electron chi connectivity index (χ3n) is 5.35. The Morgan fingerprint density at radius 3 is 3.04 bits per heavy atom. The third kappa shape index (κ3) is 2.53. The highest BCUT2D eigenvalue weighted by Crippen LogP contribution is 2.52. The minimum absolute atomic E-state index is 0.0453. The van der Waals surface area contributed by atoms with Gasteiger partial charge in [0.2, 0.25) is 17.7 Å². The molecule has 0 aliphatic carbocycles. The van der Waals surface area contributed by atoms with Crippen molar-refractivity contribution in [3.05, 3.63) is 23.9 Å². The molecule has 2 unspecified atom stereocenters. The topological polar surface area (TPSA) is 98.0 Å². The lowest BCUT2D eigenvalue weighted by atomic mass is 9.76. The summed E-state index contributed by atoms with van der Waals surface area (Å²) in [6, 6.07) is 0. The number of likely N-dealkylation sites (tertiary alicyclic amines) is 1. The van der Waals surface area contributed by atoms with Gasteiger partial charge in [-0.05, 0) is 0 Å². The number of methoxy groups -OCH3 is 1. The predicted octanol–water partition coefficient (Wildman–Crippen LogP) is -0.235. The number of carbonyl (C=O) groups is 2. The van der Waals surface area contributed by atoms with Crippen LogP contribution in [0.25, 0.3) is 0 Å². The molecule has 3 aliphatic heterocycles. The molecule has 1 aromatic heterocycles. The van der Waals surface area contributed by atoms with E-state index in [1.165, 1.54) is 4.90 Å². The van der Waals surface area contributed by atoms with Crippen molar-refractivity contribution in [3.8, 4) is 0 Å². The van der Waals surface area contributed by atoms with Crippen molar-refractivity contribution in [2.75, 3.05) is 33.9 Å². The summed E-state index contributed by atoms with van der Waals surface area (Å²) in [6.07, 6.45) is 3.48. The lowest BCUT2D eigenvalue weighted by Gasteiger charge is -2.27. The number of aromatic nitrogens is 2. The fourth-order valence-electron chi connectivity index (χ4n) is 4.20. The maximum absolute atomic E-state index is 13.1. The monoisotopic (exact) mass is 362 g/mol. The quantitative estimate of drug-likeness (QED) is 0.645. The first-order chi connectivity index (χ1) is 12.4. The smallest absolute Gasteiger partial charge is 0.230 e. The van der Waals surface area contributed by atoms with Crippen LogP contribution in [0.5, 0.6) is 0 Å². The summed E-state index contributed by atoms with van der Waals surface area (Å²) in [5.41, 5.74) is -0.695. The highest BCUT2D eigenvalue weighted by molar-refractivity contribution is 5.92. The Balaban J connectivity index is 1.52. The Bertz CT molecular complexity index is 762. The van der Waals surface area contributed by atoms with Crippen molar-refractivity contribution >= 4 is 11.8 Å². The minimum atomic E-state index is -0.695. The average Bonchev–Trinajstić information content (AvgIpc) is 3.34. The molecule has 140 valence electrons. The molecule has 2 fully saturated rings. The Labute approximate surface area is 150 Å². The molecule has 4 rings (SSSR count). The molecule has 0 radical (unpaired) electrons. The second kappa shape index (κ2) is 6.17. The van der Waals surface area contributed by atoms with Crippen LogP contribution in [0.3, 0.4) is 0 Å². The lowest BCUT2D eigenvalue weighted by Crippen LogP contribution is -2.44. The van der Waals surface area contributed by atoms with Crippen molar-refractivity contribution in [1.82, 2.24) is 19.9 Å². The zero-order valence-corrected chi connectivity index (χ0v) is 15.0. The van der Waals surface area contributed by atoms with Crippen LogP contribution in [-0.4, -0.2) is 77.3 Å². The molecule has 0 aromatic carbocycles. The Hall–Kier alpha value is -2.26. The van der Waals surface area contributed by atoms with Crippen molar-refractivity contribution in [3.63, 3.8) is 0 Å². The highest BCUT2D eigenvalue weighted by atomic mass is 16.5. The molecule has 9 nitrogen and oxygen atoms in total. The fraction of sp³-hybridized carbons (Fsp3) is 0.647. The third-order valence-corrected chi connectivity index (χ3v) is 5.35. The van der Waals surface area contributed by atoms with Crippen molar-refractivity contribution in [1.29, 1.82) is 0 Å². The van der Waals surface area contributed by atoms with Gasteiger partial charge in [-0.25, -0.2) is 0 Å². The largest absolute Gasteiger partial charge is 0.383 e. The minimum Gasteiger partial charge on any atom is -0.383 e. The molecular weight excluding hydrogens is 340 g/mol. The molecule has 2 saturated heterocycles. The van der Waals surface area contributed by atoms with Gasteiger partial charge < -0.3 is 23.8 Å². The first-order valence-corrected chi connectivity index (χ1v) is 8.64. The van der Waals surface area contributed by atoms with E-state index in [4.69, 9.17) is 14.0 Å². The molecule has 4 heterocycles. The SMILES string of the molecule is COCCN1C[C@@]23C=C[C@@H](O2)C(C(=O)N(C)Cc2noc(C)n2)C3C1=O. The molecular formula is C17H22N4O5. The van der Waals surface area contributed by atoms with Gasteiger partial charge in [-0.15, -0.1) is 0 Å². The second-order valence-electron chi connectivity index (χ2n) is 7.08. The van der Waals surface area contributed by atoms with Crippen LogP contribution in [0.15, 0.2) is 16.7 Å². The van der Waals surface area contributed by atoms with E-state index in [1.54, 1.807) is 26.0 Å². The molecule has 1 spiro atoms. The summed E-state index contributed by atoms with van der Waals surface area (Å²) in [6.45, 7) is 3.34. The van der Waals surface area contributed by atoms with Crippen LogP contribution < -0.4 is 0 Å². The molecule has 2 bridgehead atoms. The zero-order valence-electron chi connectivity index (χ0n) is 15.0. The molecule has 3 aliphatic rings. The van der Waals surface area contributed by atoms with Crippen molar-refractivity contribution < 1.29 is 23.6 Å². The summed E-state index contributed by atoms with van der Waals surface area (Å²) in [5.74, 6) is -0.320. The molecule has 4 atom stereocenters. The zero-order chi connectivity index (χ0) is 18.5. The Kier molecular flexibility index (Phi) is 4.07. The fourth-order valence-corrected chi connectivity index (χ4v) is 4.20. The van der Waals surface area contributed by atoms with Crippen molar-refractivity contribution in [2.24, 2.45) is 11.8 Å². The van der Waals surface area contributed by atoms with Gasteiger partial charge in [0.15, 0.2) is 5.82 Å². The first-order valence-electron chi connectivity index (χ1n) is 8.64. The average molecular weight is 362 g/mol. The number of hydrogen-bond donors (Lipinski definition) is 0. The maximum atomic E-state index is 13.1. The maximum Gasteiger partial charge on any atom is 0.230 e. The predicted molar refractivity (Wildman–Crippen MR) is 87.7 cm³/mol. The molecule has 2 amide bonds. The van der Waals surface area contributed by atoms with Gasteiger partial charge in [0.05, 0.1) is 37.6 Å². The molecule has 1 aromatic rings. The van der Waals surface area contributed by atoms with E-state index in [-0.39, 0.29) is 24.5 Å². The van der Waals surface area contributed by atoms with E-state index in [2.05, 4.69) is 10.1 Å². The first kappa shape index (κ1) is 17.2. The van der Waals surface area contributed by atoms with Crippen LogP contribution in [0.4, 0.5) is 0 Å². The number of hydrogen-bond acceptors (Lipinski definition) is 7. The van der Waals surface area contributed by atoms with Gasteiger partial charge in [-0.3, -0.25) is 9.59 Å². The molecule has 0 saturated carbocycles. The lowest BCUT2D eigenvalue weighted by molar-refractivity contribution is -0.143. The summed E-state index contributed by atoms with van der Waals surface area (Å²) in [4.78, 5) is 33.4. The number of nitrogens with zero attached hydrogens (tertiary/aromatic N) is 4. The summed E-state index contributed by atoms with van der Waals surface area (Å²) in [5, 5.41) is 3.82. The standard InChI is InChI=1S/C17H22N4O5/c1-10-18-12(19-26-10)8-20(2)15(22)13-11-4-5-17(25-11)9-21(6-7-24-3)16(23)14(13)17/h4-5,11,13-14H,6-9H2,1-3H3/t11-,13?,14?,17-/m1/s1. The highest BCUT2D eigenvalue weighted by Gasteiger charge is 2.67. The normalized spacial score (nSPS) is 31.7. The van der Waals surface area contributed by atoms with Crippen LogP contribution in [0.2, 0.25) is 0 Å². The van der Waals surface area contributed by atoms with Gasteiger partial charge >= 0.3 is 0 Å². The van der Waals surface area contributed by atoms with E-state index >= 15 is 0 Å². The van der Waals surface area contributed by atoms with Crippen LogP contribution in [-0.2, 0) is 25.6 Å². The van der Waals surface area contributed by atoms with E-state index < -0.39 is 17.4 Å². The van der Waals surface area contributed by atoms with Crippen molar-refractivity contribution in [2.45, 2.75) is 25.2 Å². The van der Waals surface area contributed by atoms with E-state index in [9.17, 15) is 9.59 Å². The molecule has 26 heavy (non-hydrogen) atoms. The van der Waals surface area contributed by atoms with Gasteiger partial charge in [0, 0.05) is 27.6 Å². The van der Waals surface area contributed by atoms with E-state index in [0.29, 0.717) is 31.4 Å². The number of amides is 2. The summed E-state index contributed by atoms with van der Waals surface area (Å²) in [7, 11) is 3.28.